The van der Waals surface area contributed by atoms with E-state index in [1.165, 1.54) is 0 Å². The number of halogens is 1. The molecule has 3 nitrogen and oxygen atoms in total. The van der Waals surface area contributed by atoms with Crippen molar-refractivity contribution in [1.29, 1.82) is 0 Å². The lowest BCUT2D eigenvalue weighted by Crippen LogP contribution is -2.17. The molecule has 0 bridgehead atoms. The predicted octanol–water partition coefficient (Wildman–Crippen LogP) is 3.26. The molecular formula is C16H21ClN2O. The van der Waals surface area contributed by atoms with Gasteiger partial charge in [0.15, 0.2) is 0 Å². The Morgan fingerprint density at radius 1 is 1.25 bits per heavy atom. The summed E-state index contributed by atoms with van der Waals surface area (Å²) in [5, 5.41) is 15.5. The number of hydrogen-bond donors (Lipinski definition) is 1. The van der Waals surface area contributed by atoms with Gasteiger partial charge in [-0.05, 0) is 31.0 Å². The van der Waals surface area contributed by atoms with Gasteiger partial charge in [-0.3, -0.25) is 4.68 Å². The summed E-state index contributed by atoms with van der Waals surface area (Å²) in [6.45, 7) is 4.98. The molecule has 0 fully saturated rings. The van der Waals surface area contributed by atoms with Gasteiger partial charge in [0.2, 0.25) is 0 Å². The van der Waals surface area contributed by atoms with Gasteiger partial charge in [0.1, 0.15) is 0 Å². The van der Waals surface area contributed by atoms with Gasteiger partial charge < -0.3 is 5.11 Å². The van der Waals surface area contributed by atoms with E-state index in [1.807, 2.05) is 28.9 Å². The van der Waals surface area contributed by atoms with Crippen molar-refractivity contribution in [1.82, 2.24) is 9.78 Å². The van der Waals surface area contributed by atoms with Crippen LogP contribution < -0.4 is 0 Å². The van der Waals surface area contributed by atoms with Crippen molar-refractivity contribution in [3.63, 3.8) is 0 Å². The minimum atomic E-state index is -0.443. The number of aliphatic hydroxyl groups excluding tert-OH is 1. The molecule has 0 radical (unpaired) electrons. The standard InChI is InChI=1S/C16H21ClN2O/c1-3-13-10-14(19(4-2)18-13)11-15(20)9-12-7-5-6-8-16(12)17/h5-8,10,15,20H,3-4,9,11H2,1-2H3. The Morgan fingerprint density at radius 2 is 2.00 bits per heavy atom. The molecular weight excluding hydrogens is 272 g/mol. The summed E-state index contributed by atoms with van der Waals surface area (Å²) in [7, 11) is 0. The molecule has 108 valence electrons. The summed E-state index contributed by atoms with van der Waals surface area (Å²) in [4.78, 5) is 0. The minimum absolute atomic E-state index is 0.443. The van der Waals surface area contributed by atoms with Crippen LogP contribution in [0.2, 0.25) is 5.02 Å². The maximum Gasteiger partial charge on any atom is 0.0636 e. The van der Waals surface area contributed by atoms with Gasteiger partial charge in [-0.25, -0.2) is 0 Å². The molecule has 0 amide bonds. The van der Waals surface area contributed by atoms with Gasteiger partial charge in [-0.1, -0.05) is 36.7 Å². The number of hydrogen-bond acceptors (Lipinski definition) is 2. The van der Waals surface area contributed by atoms with Crippen LogP contribution in [0.5, 0.6) is 0 Å². The van der Waals surface area contributed by atoms with Crippen molar-refractivity contribution in [3.05, 3.63) is 52.3 Å². The van der Waals surface area contributed by atoms with Gasteiger partial charge in [0.25, 0.3) is 0 Å². The lowest BCUT2D eigenvalue weighted by Gasteiger charge is -2.12. The molecule has 0 saturated carbocycles. The van der Waals surface area contributed by atoms with Crippen LogP contribution >= 0.6 is 11.6 Å². The van der Waals surface area contributed by atoms with Crippen LogP contribution in [0.25, 0.3) is 0 Å². The highest BCUT2D eigenvalue weighted by atomic mass is 35.5. The summed E-state index contributed by atoms with van der Waals surface area (Å²) in [6, 6.07) is 9.74. The zero-order valence-corrected chi connectivity index (χ0v) is 12.8. The van der Waals surface area contributed by atoms with E-state index in [1.54, 1.807) is 0 Å². The van der Waals surface area contributed by atoms with Crippen LogP contribution in [0, 0.1) is 0 Å². The summed E-state index contributed by atoms with van der Waals surface area (Å²) in [6.07, 6.45) is 1.64. The molecule has 20 heavy (non-hydrogen) atoms. The Balaban J connectivity index is 2.06. The average Bonchev–Trinajstić information content (AvgIpc) is 2.83. The first-order valence-corrected chi connectivity index (χ1v) is 7.48. The van der Waals surface area contributed by atoms with Gasteiger partial charge >= 0.3 is 0 Å². The zero-order valence-electron chi connectivity index (χ0n) is 12.0. The monoisotopic (exact) mass is 292 g/mol. The van der Waals surface area contributed by atoms with Crippen molar-refractivity contribution in [2.24, 2.45) is 0 Å². The van der Waals surface area contributed by atoms with Gasteiger partial charge in [0.05, 0.1) is 11.8 Å². The highest BCUT2D eigenvalue weighted by molar-refractivity contribution is 6.31. The fourth-order valence-electron chi connectivity index (χ4n) is 2.36. The molecule has 0 aliphatic rings. The van der Waals surface area contributed by atoms with E-state index in [9.17, 15) is 5.11 Å². The third-order valence-corrected chi connectivity index (χ3v) is 3.80. The first-order chi connectivity index (χ1) is 9.63. The second-order valence-corrected chi connectivity index (χ2v) is 5.36. The summed E-state index contributed by atoms with van der Waals surface area (Å²) < 4.78 is 1.97. The fourth-order valence-corrected chi connectivity index (χ4v) is 2.57. The van der Waals surface area contributed by atoms with E-state index >= 15 is 0 Å². The molecule has 0 aliphatic heterocycles. The van der Waals surface area contributed by atoms with E-state index in [0.29, 0.717) is 17.9 Å². The van der Waals surface area contributed by atoms with Crippen molar-refractivity contribution < 1.29 is 5.11 Å². The Bertz CT molecular complexity index is 565. The Morgan fingerprint density at radius 3 is 2.65 bits per heavy atom. The Hall–Kier alpha value is -1.32. The average molecular weight is 293 g/mol. The van der Waals surface area contributed by atoms with Crippen molar-refractivity contribution in [3.8, 4) is 0 Å². The highest BCUT2D eigenvalue weighted by Gasteiger charge is 2.13. The number of aromatic nitrogens is 2. The van der Waals surface area contributed by atoms with E-state index < -0.39 is 6.10 Å². The number of benzene rings is 1. The number of nitrogens with zero attached hydrogens (tertiary/aromatic N) is 2. The van der Waals surface area contributed by atoms with E-state index in [-0.39, 0.29) is 0 Å². The molecule has 0 aliphatic carbocycles. The molecule has 4 heteroatoms. The van der Waals surface area contributed by atoms with Crippen LogP contribution in [0.15, 0.2) is 30.3 Å². The lowest BCUT2D eigenvalue weighted by molar-refractivity contribution is 0.172. The Kier molecular flexibility index (Phi) is 5.21. The van der Waals surface area contributed by atoms with Crippen LogP contribution in [-0.2, 0) is 25.8 Å². The largest absolute Gasteiger partial charge is 0.392 e. The van der Waals surface area contributed by atoms with E-state index in [2.05, 4.69) is 25.0 Å². The second-order valence-electron chi connectivity index (χ2n) is 4.95. The smallest absolute Gasteiger partial charge is 0.0636 e. The van der Waals surface area contributed by atoms with Crippen molar-refractivity contribution in [2.75, 3.05) is 0 Å². The minimum Gasteiger partial charge on any atom is -0.392 e. The normalized spacial score (nSPS) is 12.6. The van der Waals surface area contributed by atoms with Crippen LogP contribution in [0.4, 0.5) is 0 Å². The molecule has 2 aromatic rings. The first-order valence-electron chi connectivity index (χ1n) is 7.11. The zero-order chi connectivity index (χ0) is 14.5. The topological polar surface area (TPSA) is 38.0 Å². The molecule has 1 atom stereocenters. The highest BCUT2D eigenvalue weighted by Crippen LogP contribution is 2.18. The van der Waals surface area contributed by atoms with E-state index in [0.717, 1.165) is 29.9 Å². The summed E-state index contributed by atoms with van der Waals surface area (Å²) >= 11 is 6.13. The number of rotatable bonds is 6. The number of aliphatic hydroxyl groups is 1. The third-order valence-electron chi connectivity index (χ3n) is 3.43. The van der Waals surface area contributed by atoms with Crippen LogP contribution in [0.1, 0.15) is 30.8 Å². The molecule has 0 saturated heterocycles. The molecule has 2 rings (SSSR count). The lowest BCUT2D eigenvalue weighted by atomic mass is 10.0. The molecule has 0 spiro atoms. The molecule has 1 N–H and O–H groups in total. The Labute approximate surface area is 125 Å². The summed E-state index contributed by atoms with van der Waals surface area (Å²) in [5.74, 6) is 0. The van der Waals surface area contributed by atoms with Gasteiger partial charge in [-0.15, -0.1) is 0 Å². The molecule has 1 aromatic carbocycles. The molecule has 1 aromatic heterocycles. The van der Waals surface area contributed by atoms with Crippen molar-refractivity contribution in [2.45, 2.75) is 45.8 Å². The SMILES string of the molecule is CCc1cc(CC(O)Cc2ccccc2Cl)n(CC)n1. The van der Waals surface area contributed by atoms with Crippen LogP contribution in [-0.4, -0.2) is 21.0 Å². The van der Waals surface area contributed by atoms with Gasteiger partial charge in [-0.2, -0.15) is 5.10 Å². The predicted molar refractivity (Wildman–Crippen MR) is 82.1 cm³/mol. The first kappa shape index (κ1) is 15.1. The van der Waals surface area contributed by atoms with Gasteiger partial charge in [0, 0.05) is 30.1 Å². The fraction of sp³-hybridized carbons (Fsp3) is 0.438. The second kappa shape index (κ2) is 6.91. The number of aryl methyl sites for hydroxylation is 2. The van der Waals surface area contributed by atoms with Crippen molar-refractivity contribution >= 4 is 11.6 Å². The quantitative estimate of drug-likeness (QED) is 0.887. The molecule has 1 unspecified atom stereocenters. The van der Waals surface area contributed by atoms with E-state index in [4.69, 9.17) is 11.6 Å². The van der Waals surface area contributed by atoms with Crippen LogP contribution in [0.3, 0.4) is 0 Å². The molecule has 1 heterocycles. The maximum atomic E-state index is 10.3. The summed E-state index contributed by atoms with van der Waals surface area (Å²) in [5.41, 5.74) is 3.15. The third kappa shape index (κ3) is 3.62. The maximum absolute atomic E-state index is 10.3.